The first-order valence-electron chi connectivity index (χ1n) is 6.96. The number of rotatable bonds is 8. The quantitative estimate of drug-likeness (QED) is 0.770. The van der Waals surface area contributed by atoms with Crippen LogP contribution in [0.2, 0.25) is 0 Å². The molecule has 1 N–H and O–H groups in total. The fourth-order valence-electron chi connectivity index (χ4n) is 1.80. The molecule has 0 unspecified atom stereocenters. The minimum atomic E-state index is 0.546. The molecule has 1 rings (SSSR count). The second-order valence-corrected chi connectivity index (χ2v) is 4.88. The molecule has 1 heterocycles. The highest BCUT2D eigenvalue weighted by molar-refractivity contribution is 5.30. The summed E-state index contributed by atoms with van der Waals surface area (Å²) >= 11 is 0. The number of anilines is 1. The van der Waals surface area contributed by atoms with Gasteiger partial charge < -0.3 is 5.32 Å². The van der Waals surface area contributed by atoms with Crippen LogP contribution in [0.1, 0.15) is 46.2 Å². The van der Waals surface area contributed by atoms with Crippen molar-refractivity contribution < 1.29 is 0 Å². The molecular formula is C14H26N4. The fraction of sp³-hybridized carbons (Fsp3) is 0.714. The van der Waals surface area contributed by atoms with Gasteiger partial charge in [0.25, 0.3) is 0 Å². The largest absolute Gasteiger partial charge is 0.369 e. The molecule has 0 aliphatic heterocycles. The van der Waals surface area contributed by atoms with Gasteiger partial charge in [-0.2, -0.15) is 0 Å². The Bertz CT molecular complexity index is 321. The predicted octanol–water partition coefficient (Wildman–Crippen LogP) is 2.92. The predicted molar refractivity (Wildman–Crippen MR) is 76.6 cm³/mol. The third-order valence-corrected chi connectivity index (χ3v) is 2.87. The van der Waals surface area contributed by atoms with Crippen LogP contribution in [0.4, 0.5) is 5.82 Å². The molecule has 0 atom stereocenters. The molecule has 18 heavy (non-hydrogen) atoms. The Labute approximate surface area is 111 Å². The average Bonchev–Trinajstić information content (AvgIpc) is 2.37. The Kier molecular flexibility index (Phi) is 6.65. The van der Waals surface area contributed by atoms with Crippen LogP contribution in [0.15, 0.2) is 12.4 Å². The maximum Gasteiger partial charge on any atom is 0.144 e. The summed E-state index contributed by atoms with van der Waals surface area (Å²) in [6.07, 6.45) is 5.97. The van der Waals surface area contributed by atoms with Crippen molar-refractivity contribution in [3.63, 3.8) is 0 Å². The van der Waals surface area contributed by atoms with E-state index in [4.69, 9.17) is 0 Å². The van der Waals surface area contributed by atoms with Crippen molar-refractivity contribution in [2.45, 2.75) is 53.1 Å². The van der Waals surface area contributed by atoms with Gasteiger partial charge in [-0.25, -0.2) is 4.98 Å². The van der Waals surface area contributed by atoms with Crippen LogP contribution in [0, 0.1) is 0 Å². The summed E-state index contributed by atoms with van der Waals surface area (Å²) < 4.78 is 0. The molecule has 0 aliphatic rings. The third-order valence-electron chi connectivity index (χ3n) is 2.87. The molecule has 0 saturated heterocycles. The summed E-state index contributed by atoms with van der Waals surface area (Å²) in [5.41, 5.74) is 1.04. The van der Waals surface area contributed by atoms with Crippen LogP contribution in [-0.2, 0) is 6.54 Å². The molecule has 4 heteroatoms. The van der Waals surface area contributed by atoms with Gasteiger partial charge in [-0.3, -0.25) is 9.88 Å². The lowest BCUT2D eigenvalue weighted by molar-refractivity contribution is 0.210. The van der Waals surface area contributed by atoms with E-state index < -0.39 is 0 Å². The Balaban J connectivity index is 2.55. The van der Waals surface area contributed by atoms with Gasteiger partial charge in [0, 0.05) is 19.1 Å². The van der Waals surface area contributed by atoms with E-state index >= 15 is 0 Å². The zero-order chi connectivity index (χ0) is 13.4. The lowest BCUT2D eigenvalue weighted by Crippen LogP contribution is -2.31. The van der Waals surface area contributed by atoms with Gasteiger partial charge in [0.2, 0.25) is 0 Å². The van der Waals surface area contributed by atoms with E-state index in [1.807, 2.05) is 12.4 Å². The minimum Gasteiger partial charge on any atom is -0.369 e. The van der Waals surface area contributed by atoms with Crippen molar-refractivity contribution in [1.29, 1.82) is 0 Å². The number of nitrogens with one attached hydrogen (secondary N) is 1. The molecule has 1 aromatic heterocycles. The zero-order valence-corrected chi connectivity index (χ0v) is 12.1. The average molecular weight is 250 g/mol. The van der Waals surface area contributed by atoms with E-state index in [0.29, 0.717) is 6.04 Å². The molecule has 0 amide bonds. The molecule has 1 aromatic rings. The number of nitrogens with zero attached hydrogens (tertiary/aromatic N) is 3. The third kappa shape index (κ3) is 5.00. The normalized spacial score (nSPS) is 11.2. The summed E-state index contributed by atoms with van der Waals surface area (Å²) in [4.78, 5) is 11.3. The van der Waals surface area contributed by atoms with Gasteiger partial charge in [-0.1, -0.05) is 13.8 Å². The maximum absolute atomic E-state index is 4.47. The topological polar surface area (TPSA) is 41.1 Å². The lowest BCUT2D eigenvalue weighted by Gasteiger charge is -2.25. The molecular weight excluding hydrogens is 224 g/mol. The lowest BCUT2D eigenvalue weighted by atomic mass is 10.2. The van der Waals surface area contributed by atoms with Gasteiger partial charge in [-0.15, -0.1) is 0 Å². The number of aromatic nitrogens is 2. The summed E-state index contributed by atoms with van der Waals surface area (Å²) in [6.45, 7) is 11.7. The monoisotopic (exact) mass is 250 g/mol. The first-order chi connectivity index (χ1) is 8.67. The van der Waals surface area contributed by atoms with Crippen molar-refractivity contribution in [3.05, 3.63) is 18.1 Å². The second-order valence-electron chi connectivity index (χ2n) is 4.88. The highest BCUT2D eigenvalue weighted by Crippen LogP contribution is 2.08. The van der Waals surface area contributed by atoms with E-state index in [-0.39, 0.29) is 0 Å². The molecule has 0 saturated carbocycles. The van der Waals surface area contributed by atoms with Gasteiger partial charge in [-0.05, 0) is 33.2 Å². The van der Waals surface area contributed by atoms with Crippen LogP contribution in [0.3, 0.4) is 0 Å². The second kappa shape index (κ2) is 8.03. The Hall–Kier alpha value is -1.16. The van der Waals surface area contributed by atoms with Crippen molar-refractivity contribution in [2.24, 2.45) is 0 Å². The summed E-state index contributed by atoms with van der Waals surface area (Å²) in [5.74, 6) is 0.868. The summed E-state index contributed by atoms with van der Waals surface area (Å²) in [6, 6.07) is 0.546. The van der Waals surface area contributed by atoms with Crippen LogP contribution in [-0.4, -0.2) is 34.0 Å². The molecule has 0 aliphatic carbocycles. The maximum atomic E-state index is 4.47. The van der Waals surface area contributed by atoms with Gasteiger partial charge in [0.15, 0.2) is 0 Å². The highest BCUT2D eigenvalue weighted by atomic mass is 15.2. The van der Waals surface area contributed by atoms with E-state index in [2.05, 4.69) is 47.9 Å². The number of hydrogen-bond donors (Lipinski definition) is 1. The standard InChI is InChI=1S/C14H26N4/c1-5-7-15-14-10-16-13(9-17-14)11-18(8-6-2)12(3)4/h9-10,12H,5-8,11H2,1-4H3,(H,15,17). The Morgan fingerprint density at radius 3 is 2.44 bits per heavy atom. The highest BCUT2D eigenvalue weighted by Gasteiger charge is 2.09. The minimum absolute atomic E-state index is 0.546. The molecule has 0 aromatic carbocycles. The van der Waals surface area contributed by atoms with E-state index in [1.54, 1.807) is 0 Å². The Morgan fingerprint density at radius 2 is 1.94 bits per heavy atom. The van der Waals surface area contributed by atoms with Crippen molar-refractivity contribution >= 4 is 5.82 Å². The van der Waals surface area contributed by atoms with E-state index in [1.165, 1.54) is 6.42 Å². The molecule has 0 radical (unpaired) electrons. The van der Waals surface area contributed by atoms with Crippen molar-refractivity contribution in [1.82, 2.24) is 14.9 Å². The fourth-order valence-corrected chi connectivity index (χ4v) is 1.80. The smallest absolute Gasteiger partial charge is 0.144 e. The van der Waals surface area contributed by atoms with Gasteiger partial charge in [0.1, 0.15) is 5.82 Å². The van der Waals surface area contributed by atoms with Crippen molar-refractivity contribution in [2.75, 3.05) is 18.4 Å². The molecule has 0 fully saturated rings. The number of hydrogen-bond acceptors (Lipinski definition) is 4. The molecule has 0 bridgehead atoms. The Morgan fingerprint density at radius 1 is 1.17 bits per heavy atom. The van der Waals surface area contributed by atoms with Gasteiger partial charge >= 0.3 is 0 Å². The summed E-state index contributed by atoms with van der Waals surface area (Å²) in [7, 11) is 0. The van der Waals surface area contributed by atoms with Crippen LogP contribution in [0.25, 0.3) is 0 Å². The van der Waals surface area contributed by atoms with Gasteiger partial charge in [0.05, 0.1) is 18.1 Å². The summed E-state index contributed by atoms with van der Waals surface area (Å²) in [5, 5.41) is 3.24. The SMILES string of the molecule is CCCNc1cnc(CN(CCC)C(C)C)cn1. The van der Waals surface area contributed by atoms with Crippen molar-refractivity contribution in [3.8, 4) is 0 Å². The van der Waals surface area contributed by atoms with E-state index in [0.717, 1.165) is 37.6 Å². The zero-order valence-electron chi connectivity index (χ0n) is 12.1. The first kappa shape index (κ1) is 14.9. The molecule has 4 nitrogen and oxygen atoms in total. The molecule has 0 spiro atoms. The van der Waals surface area contributed by atoms with Crippen LogP contribution in [0.5, 0.6) is 0 Å². The van der Waals surface area contributed by atoms with Crippen LogP contribution < -0.4 is 5.32 Å². The van der Waals surface area contributed by atoms with Crippen LogP contribution >= 0.6 is 0 Å². The molecule has 102 valence electrons. The van der Waals surface area contributed by atoms with E-state index in [9.17, 15) is 0 Å². The first-order valence-corrected chi connectivity index (χ1v) is 6.96.